The fraction of sp³-hybridized carbons (Fsp3) is 0.368. The summed E-state index contributed by atoms with van der Waals surface area (Å²) in [6.45, 7) is 3.12. The Morgan fingerprint density at radius 1 is 1.29 bits per heavy atom. The largest absolute Gasteiger partial charge is 0.383 e. The van der Waals surface area contributed by atoms with E-state index in [4.69, 9.17) is 4.74 Å². The molecular formula is C19H21N3O2. The average Bonchev–Trinajstić information content (AvgIpc) is 2.61. The number of benzene rings is 1. The number of nitrogens with zero attached hydrogens (tertiary/aromatic N) is 2. The first kappa shape index (κ1) is 16.4. The molecule has 0 bridgehead atoms. The Kier molecular flexibility index (Phi) is 5.09. The smallest absolute Gasteiger partial charge is 0.266 e. The maximum atomic E-state index is 12.3. The maximum absolute atomic E-state index is 12.3. The number of pyridine rings is 1. The van der Waals surface area contributed by atoms with Crippen LogP contribution >= 0.6 is 0 Å². The van der Waals surface area contributed by atoms with Crippen LogP contribution in [-0.2, 0) is 24.1 Å². The molecule has 24 heavy (non-hydrogen) atoms. The van der Waals surface area contributed by atoms with Crippen molar-refractivity contribution in [2.75, 3.05) is 26.8 Å². The second-order valence-electron chi connectivity index (χ2n) is 6.06. The van der Waals surface area contributed by atoms with Gasteiger partial charge in [-0.15, -0.1) is 0 Å². The zero-order valence-corrected chi connectivity index (χ0v) is 13.8. The SMILES string of the molecule is COCCN1CCc2c(c(Cc3ccccc3)[nH]c(=O)c2C#N)C1. The minimum atomic E-state index is -0.271. The summed E-state index contributed by atoms with van der Waals surface area (Å²) in [6, 6.07) is 12.2. The minimum absolute atomic E-state index is 0.271. The van der Waals surface area contributed by atoms with Crippen LogP contribution in [0.2, 0.25) is 0 Å². The maximum Gasteiger partial charge on any atom is 0.266 e. The highest BCUT2D eigenvalue weighted by Crippen LogP contribution is 2.24. The van der Waals surface area contributed by atoms with Gasteiger partial charge in [0.1, 0.15) is 11.6 Å². The van der Waals surface area contributed by atoms with Crippen LogP contribution in [0.3, 0.4) is 0 Å². The van der Waals surface area contributed by atoms with Gasteiger partial charge < -0.3 is 9.72 Å². The molecule has 3 rings (SSSR count). The summed E-state index contributed by atoms with van der Waals surface area (Å²) in [5, 5.41) is 9.36. The van der Waals surface area contributed by atoms with Crippen LogP contribution < -0.4 is 5.56 Å². The summed E-state index contributed by atoms with van der Waals surface area (Å²) in [5.74, 6) is 0. The molecule has 1 aromatic carbocycles. The lowest BCUT2D eigenvalue weighted by atomic mass is 9.92. The monoisotopic (exact) mass is 323 g/mol. The average molecular weight is 323 g/mol. The fourth-order valence-corrected chi connectivity index (χ4v) is 3.26. The fourth-order valence-electron chi connectivity index (χ4n) is 3.26. The Morgan fingerprint density at radius 2 is 2.08 bits per heavy atom. The van der Waals surface area contributed by atoms with E-state index < -0.39 is 0 Å². The van der Waals surface area contributed by atoms with Gasteiger partial charge in [-0.2, -0.15) is 5.26 Å². The van der Waals surface area contributed by atoms with E-state index in [-0.39, 0.29) is 11.1 Å². The van der Waals surface area contributed by atoms with E-state index in [0.29, 0.717) is 13.0 Å². The van der Waals surface area contributed by atoms with Crippen molar-refractivity contribution >= 4 is 0 Å². The molecule has 0 fully saturated rings. The Morgan fingerprint density at radius 3 is 2.79 bits per heavy atom. The van der Waals surface area contributed by atoms with Crippen molar-refractivity contribution < 1.29 is 4.74 Å². The van der Waals surface area contributed by atoms with Gasteiger partial charge in [0.05, 0.1) is 6.61 Å². The Labute approximate surface area is 141 Å². The molecule has 2 aromatic rings. The number of ether oxygens (including phenoxy) is 1. The van der Waals surface area contributed by atoms with Crippen LogP contribution in [0, 0.1) is 11.3 Å². The van der Waals surface area contributed by atoms with Crippen LogP contribution in [-0.4, -0.2) is 36.7 Å². The van der Waals surface area contributed by atoms with E-state index in [1.807, 2.05) is 18.2 Å². The van der Waals surface area contributed by atoms with Gasteiger partial charge in [-0.1, -0.05) is 30.3 Å². The lowest BCUT2D eigenvalue weighted by Crippen LogP contribution is -2.36. The third kappa shape index (κ3) is 3.40. The van der Waals surface area contributed by atoms with Gasteiger partial charge in [-0.05, 0) is 23.1 Å². The molecule has 124 valence electrons. The Balaban J connectivity index is 1.99. The van der Waals surface area contributed by atoms with Gasteiger partial charge in [0.15, 0.2) is 0 Å². The zero-order valence-electron chi connectivity index (χ0n) is 13.8. The molecule has 0 saturated carbocycles. The molecule has 0 saturated heterocycles. The summed E-state index contributed by atoms with van der Waals surface area (Å²) in [4.78, 5) is 17.5. The molecule has 1 aromatic heterocycles. The number of methoxy groups -OCH3 is 1. The zero-order chi connectivity index (χ0) is 16.9. The predicted octanol–water partition coefficient (Wildman–Crippen LogP) is 1.84. The number of hydrogen-bond donors (Lipinski definition) is 1. The van der Waals surface area contributed by atoms with Crippen LogP contribution in [0.25, 0.3) is 0 Å². The van der Waals surface area contributed by atoms with Crippen molar-refractivity contribution in [1.29, 1.82) is 5.26 Å². The van der Waals surface area contributed by atoms with E-state index in [9.17, 15) is 10.1 Å². The number of hydrogen-bond acceptors (Lipinski definition) is 4. The molecule has 1 N–H and O–H groups in total. The summed E-state index contributed by atoms with van der Waals surface area (Å²) in [7, 11) is 1.70. The molecule has 2 heterocycles. The van der Waals surface area contributed by atoms with E-state index in [0.717, 1.165) is 48.4 Å². The predicted molar refractivity (Wildman–Crippen MR) is 91.9 cm³/mol. The van der Waals surface area contributed by atoms with E-state index in [1.165, 1.54) is 0 Å². The molecule has 0 aliphatic carbocycles. The number of rotatable bonds is 5. The first-order valence-corrected chi connectivity index (χ1v) is 8.15. The van der Waals surface area contributed by atoms with E-state index in [1.54, 1.807) is 7.11 Å². The number of aromatic nitrogens is 1. The number of nitrogens with one attached hydrogen (secondary N) is 1. The lowest BCUT2D eigenvalue weighted by molar-refractivity contribution is 0.140. The van der Waals surface area contributed by atoms with Crippen LogP contribution in [0.5, 0.6) is 0 Å². The van der Waals surface area contributed by atoms with Gasteiger partial charge in [0.25, 0.3) is 5.56 Å². The Bertz CT molecular complexity index is 806. The van der Waals surface area contributed by atoms with Gasteiger partial charge in [0, 0.05) is 38.9 Å². The van der Waals surface area contributed by atoms with Gasteiger partial charge in [-0.25, -0.2) is 0 Å². The molecule has 0 atom stereocenters. The number of nitriles is 1. The molecule has 5 nitrogen and oxygen atoms in total. The second-order valence-corrected chi connectivity index (χ2v) is 6.06. The summed E-state index contributed by atoms with van der Waals surface area (Å²) in [5.41, 5.74) is 4.08. The lowest BCUT2D eigenvalue weighted by Gasteiger charge is -2.30. The quantitative estimate of drug-likeness (QED) is 0.911. The third-order valence-electron chi connectivity index (χ3n) is 4.53. The van der Waals surface area contributed by atoms with Gasteiger partial charge in [-0.3, -0.25) is 9.69 Å². The number of fused-ring (bicyclic) bond motifs is 1. The highest BCUT2D eigenvalue weighted by molar-refractivity contribution is 5.45. The molecule has 5 heteroatoms. The molecule has 0 amide bonds. The number of H-pyrrole nitrogens is 1. The van der Waals surface area contributed by atoms with Crippen molar-refractivity contribution in [3.05, 3.63) is 68.6 Å². The standard InChI is InChI=1S/C19H21N3O2/c1-24-10-9-22-8-7-15-16(12-20)19(23)21-18(17(15)13-22)11-14-5-3-2-4-6-14/h2-6H,7-11,13H2,1H3,(H,21,23). The molecule has 0 radical (unpaired) electrons. The molecular weight excluding hydrogens is 302 g/mol. The molecule has 0 spiro atoms. The van der Waals surface area contributed by atoms with Crippen molar-refractivity contribution in [2.24, 2.45) is 0 Å². The van der Waals surface area contributed by atoms with Gasteiger partial charge in [0.2, 0.25) is 0 Å². The van der Waals surface area contributed by atoms with Crippen molar-refractivity contribution in [3.63, 3.8) is 0 Å². The first-order valence-electron chi connectivity index (χ1n) is 8.15. The number of aromatic amines is 1. The first-order chi connectivity index (χ1) is 11.7. The highest BCUT2D eigenvalue weighted by Gasteiger charge is 2.24. The Hall–Kier alpha value is -2.42. The summed E-state index contributed by atoms with van der Waals surface area (Å²) < 4.78 is 5.17. The van der Waals surface area contributed by atoms with Crippen molar-refractivity contribution in [1.82, 2.24) is 9.88 Å². The third-order valence-corrected chi connectivity index (χ3v) is 4.53. The highest BCUT2D eigenvalue weighted by atomic mass is 16.5. The summed E-state index contributed by atoms with van der Waals surface area (Å²) in [6.07, 6.45) is 1.40. The summed E-state index contributed by atoms with van der Waals surface area (Å²) >= 11 is 0. The molecule has 1 aliphatic heterocycles. The van der Waals surface area contributed by atoms with Crippen LogP contribution in [0.1, 0.15) is 27.9 Å². The van der Waals surface area contributed by atoms with E-state index >= 15 is 0 Å². The van der Waals surface area contributed by atoms with Crippen molar-refractivity contribution in [2.45, 2.75) is 19.4 Å². The second kappa shape index (κ2) is 7.43. The molecule has 1 aliphatic rings. The minimum Gasteiger partial charge on any atom is -0.383 e. The normalized spacial score (nSPS) is 14.2. The van der Waals surface area contributed by atoms with Gasteiger partial charge >= 0.3 is 0 Å². The van der Waals surface area contributed by atoms with Crippen LogP contribution in [0.15, 0.2) is 35.1 Å². The topological polar surface area (TPSA) is 69.1 Å². The van der Waals surface area contributed by atoms with Crippen LogP contribution in [0.4, 0.5) is 0 Å². The van der Waals surface area contributed by atoms with Crippen molar-refractivity contribution in [3.8, 4) is 6.07 Å². The van der Waals surface area contributed by atoms with E-state index in [2.05, 4.69) is 28.1 Å². The molecule has 0 unspecified atom stereocenters.